The molecule has 0 radical (unpaired) electrons. The van der Waals surface area contributed by atoms with Gasteiger partial charge in [-0.05, 0) is 0 Å². The minimum atomic E-state index is -0.167. The summed E-state index contributed by atoms with van der Waals surface area (Å²) in [6.07, 6.45) is 0. The molecule has 0 aliphatic rings. The number of aromatic amines is 1. The molecular formula is C4H6N4O. The van der Waals surface area contributed by atoms with Gasteiger partial charge in [-0.25, -0.2) is 0 Å². The molecule has 0 bridgehead atoms. The zero-order valence-corrected chi connectivity index (χ0v) is 4.88. The third-order valence-corrected chi connectivity index (χ3v) is 0.836. The van der Waals surface area contributed by atoms with E-state index in [9.17, 15) is 4.79 Å². The highest BCUT2D eigenvalue weighted by atomic mass is 16.1. The Bertz CT molecular complexity index is 228. The highest BCUT2D eigenvalue weighted by Crippen LogP contribution is 1.91. The molecule has 0 saturated carbocycles. The zero-order valence-electron chi connectivity index (χ0n) is 4.88. The predicted octanol–water partition coefficient (Wildman–Crippen LogP) is -0.411. The minimum absolute atomic E-state index is 0.0974. The lowest BCUT2D eigenvalue weighted by atomic mass is 10.4. The number of nitrogens with one attached hydrogen (secondary N) is 1. The molecule has 5 nitrogen and oxygen atoms in total. The molecule has 0 aromatic carbocycles. The second-order valence-corrected chi connectivity index (χ2v) is 1.60. The summed E-state index contributed by atoms with van der Waals surface area (Å²) in [5.41, 5.74) is 5.11. The Kier molecular flexibility index (Phi) is 1.18. The SMILES string of the molecule is CC(=O)c1nc(N)n[nH]1. The average Bonchev–Trinajstić information content (AvgIpc) is 2.14. The van der Waals surface area contributed by atoms with Crippen LogP contribution in [0.5, 0.6) is 0 Å². The second kappa shape index (κ2) is 1.85. The molecule has 0 aliphatic heterocycles. The van der Waals surface area contributed by atoms with Gasteiger partial charge in [-0.1, -0.05) is 0 Å². The topological polar surface area (TPSA) is 84.7 Å². The number of nitrogens with zero attached hydrogens (tertiary/aromatic N) is 2. The molecule has 1 aromatic rings. The lowest BCUT2D eigenvalue weighted by Crippen LogP contribution is -1.94. The van der Waals surface area contributed by atoms with Crippen LogP contribution in [0.1, 0.15) is 17.5 Å². The molecule has 1 heterocycles. The third-order valence-electron chi connectivity index (χ3n) is 0.836. The van der Waals surface area contributed by atoms with Crippen molar-refractivity contribution in [1.29, 1.82) is 0 Å². The normalized spacial score (nSPS) is 9.44. The third kappa shape index (κ3) is 1.04. The summed E-state index contributed by atoms with van der Waals surface area (Å²) >= 11 is 0. The number of carbonyl (C=O) groups is 1. The number of Topliss-reactive ketones (excluding diaryl/α,β-unsaturated/α-hetero) is 1. The number of nitrogens with two attached hydrogens (primary N) is 1. The van der Waals surface area contributed by atoms with Gasteiger partial charge >= 0.3 is 0 Å². The number of nitrogen functional groups attached to an aromatic ring is 1. The van der Waals surface area contributed by atoms with Crippen molar-refractivity contribution in [3.8, 4) is 0 Å². The fourth-order valence-electron chi connectivity index (χ4n) is 0.432. The fourth-order valence-corrected chi connectivity index (χ4v) is 0.432. The van der Waals surface area contributed by atoms with Crippen LogP contribution in [0.4, 0.5) is 5.95 Å². The molecule has 5 heteroatoms. The maximum atomic E-state index is 10.5. The van der Waals surface area contributed by atoms with Crippen LogP contribution in [0.2, 0.25) is 0 Å². The van der Waals surface area contributed by atoms with E-state index in [1.54, 1.807) is 0 Å². The van der Waals surface area contributed by atoms with E-state index in [2.05, 4.69) is 15.2 Å². The first kappa shape index (κ1) is 5.74. The Labute approximate surface area is 51.3 Å². The summed E-state index contributed by atoms with van der Waals surface area (Å²) in [5.74, 6) is 0.131. The van der Waals surface area contributed by atoms with Crippen LogP contribution in [0, 0.1) is 0 Å². The van der Waals surface area contributed by atoms with E-state index in [-0.39, 0.29) is 17.6 Å². The van der Waals surface area contributed by atoms with E-state index in [4.69, 9.17) is 5.73 Å². The van der Waals surface area contributed by atoms with Crippen LogP contribution in [-0.4, -0.2) is 21.0 Å². The molecule has 0 saturated heterocycles. The van der Waals surface area contributed by atoms with Crippen molar-refractivity contribution in [1.82, 2.24) is 15.2 Å². The molecule has 0 aliphatic carbocycles. The molecule has 0 atom stereocenters. The van der Waals surface area contributed by atoms with Gasteiger partial charge < -0.3 is 5.73 Å². The largest absolute Gasteiger partial charge is 0.366 e. The number of carbonyl (C=O) groups excluding carboxylic acids is 1. The highest BCUT2D eigenvalue weighted by Gasteiger charge is 2.02. The lowest BCUT2D eigenvalue weighted by molar-refractivity contribution is 0.100. The number of hydrogen-bond donors (Lipinski definition) is 2. The van der Waals surface area contributed by atoms with Gasteiger partial charge in [0, 0.05) is 6.92 Å². The first-order valence-corrected chi connectivity index (χ1v) is 2.39. The summed E-state index contributed by atoms with van der Waals surface area (Å²) in [5, 5.41) is 5.83. The van der Waals surface area contributed by atoms with Crippen molar-refractivity contribution in [2.75, 3.05) is 5.73 Å². The number of hydrogen-bond acceptors (Lipinski definition) is 4. The Morgan fingerprint density at radius 1 is 1.78 bits per heavy atom. The monoisotopic (exact) mass is 126 g/mol. The second-order valence-electron chi connectivity index (χ2n) is 1.60. The molecule has 0 fully saturated rings. The molecule has 1 rings (SSSR count). The molecule has 0 amide bonds. The summed E-state index contributed by atoms with van der Waals surface area (Å²) in [6.45, 7) is 1.39. The van der Waals surface area contributed by atoms with Crippen molar-refractivity contribution in [3.63, 3.8) is 0 Å². The average molecular weight is 126 g/mol. The Hall–Kier alpha value is -1.39. The molecule has 48 valence electrons. The number of ketones is 1. The minimum Gasteiger partial charge on any atom is -0.366 e. The molecule has 1 aromatic heterocycles. The Morgan fingerprint density at radius 2 is 2.44 bits per heavy atom. The summed E-state index contributed by atoms with van der Waals surface area (Å²) in [4.78, 5) is 14.0. The van der Waals surface area contributed by atoms with Gasteiger partial charge in [0.25, 0.3) is 0 Å². The van der Waals surface area contributed by atoms with Crippen LogP contribution in [0.15, 0.2) is 0 Å². The molecule has 9 heavy (non-hydrogen) atoms. The van der Waals surface area contributed by atoms with Crippen molar-refractivity contribution in [2.24, 2.45) is 0 Å². The van der Waals surface area contributed by atoms with Crippen LogP contribution in [0.25, 0.3) is 0 Å². The van der Waals surface area contributed by atoms with Crippen LogP contribution in [-0.2, 0) is 0 Å². The van der Waals surface area contributed by atoms with Crippen molar-refractivity contribution in [2.45, 2.75) is 6.92 Å². The maximum Gasteiger partial charge on any atom is 0.239 e. The summed E-state index contributed by atoms with van der Waals surface area (Å²) in [6, 6.07) is 0. The highest BCUT2D eigenvalue weighted by molar-refractivity contribution is 5.90. The van der Waals surface area contributed by atoms with E-state index in [0.29, 0.717) is 0 Å². The summed E-state index contributed by atoms with van der Waals surface area (Å²) < 4.78 is 0. The quantitative estimate of drug-likeness (QED) is 0.501. The first-order valence-electron chi connectivity index (χ1n) is 2.39. The van der Waals surface area contributed by atoms with Crippen molar-refractivity contribution in [3.05, 3.63) is 5.82 Å². The van der Waals surface area contributed by atoms with Crippen LogP contribution in [0.3, 0.4) is 0 Å². The van der Waals surface area contributed by atoms with Gasteiger partial charge in [-0.15, -0.1) is 5.10 Å². The van der Waals surface area contributed by atoms with E-state index < -0.39 is 0 Å². The van der Waals surface area contributed by atoms with Crippen molar-refractivity contribution < 1.29 is 4.79 Å². The lowest BCUT2D eigenvalue weighted by Gasteiger charge is -1.78. The number of aromatic nitrogens is 3. The van der Waals surface area contributed by atoms with E-state index in [1.165, 1.54) is 6.92 Å². The van der Waals surface area contributed by atoms with E-state index in [1.807, 2.05) is 0 Å². The van der Waals surface area contributed by atoms with Gasteiger partial charge in [-0.2, -0.15) is 4.98 Å². The fraction of sp³-hybridized carbons (Fsp3) is 0.250. The van der Waals surface area contributed by atoms with E-state index in [0.717, 1.165) is 0 Å². The van der Waals surface area contributed by atoms with Gasteiger partial charge in [0.15, 0.2) is 11.6 Å². The van der Waals surface area contributed by atoms with Gasteiger partial charge in [-0.3, -0.25) is 9.89 Å². The Balaban J connectivity index is 2.98. The van der Waals surface area contributed by atoms with Gasteiger partial charge in [0.2, 0.25) is 5.95 Å². The predicted molar refractivity (Wildman–Crippen MR) is 30.8 cm³/mol. The van der Waals surface area contributed by atoms with Crippen LogP contribution < -0.4 is 5.73 Å². The Morgan fingerprint density at radius 3 is 2.67 bits per heavy atom. The molecule has 3 N–H and O–H groups in total. The number of rotatable bonds is 1. The maximum absolute atomic E-state index is 10.5. The molecule has 0 unspecified atom stereocenters. The van der Waals surface area contributed by atoms with Crippen molar-refractivity contribution >= 4 is 11.7 Å². The van der Waals surface area contributed by atoms with Crippen LogP contribution >= 0.6 is 0 Å². The zero-order chi connectivity index (χ0) is 6.85. The smallest absolute Gasteiger partial charge is 0.239 e. The number of anilines is 1. The molecule has 0 spiro atoms. The van der Waals surface area contributed by atoms with E-state index >= 15 is 0 Å². The molecular weight excluding hydrogens is 120 g/mol. The summed E-state index contributed by atoms with van der Waals surface area (Å²) in [7, 11) is 0. The van der Waals surface area contributed by atoms with Gasteiger partial charge in [0.1, 0.15) is 0 Å². The number of H-pyrrole nitrogens is 1. The van der Waals surface area contributed by atoms with Gasteiger partial charge in [0.05, 0.1) is 0 Å². The first-order chi connectivity index (χ1) is 4.20. The standard InChI is InChI=1S/C4H6N4O/c1-2(9)3-6-4(5)8-7-3/h1H3,(H3,5,6,7,8).